The van der Waals surface area contributed by atoms with E-state index in [1.165, 1.54) is 5.56 Å². The SMILES string of the molecule is Fc1cc(Br)ccc1CC1(c2ccccc2)CNC1. The largest absolute Gasteiger partial charge is 0.315 e. The zero-order valence-electron chi connectivity index (χ0n) is 10.5. The van der Waals surface area contributed by atoms with Gasteiger partial charge in [-0.15, -0.1) is 0 Å². The van der Waals surface area contributed by atoms with Gasteiger partial charge < -0.3 is 5.32 Å². The highest BCUT2D eigenvalue weighted by molar-refractivity contribution is 9.10. The molecule has 1 aliphatic rings. The van der Waals surface area contributed by atoms with Crippen LogP contribution >= 0.6 is 15.9 Å². The Morgan fingerprint density at radius 1 is 1.11 bits per heavy atom. The second-order valence-corrected chi connectivity index (χ2v) is 6.08. The molecule has 0 unspecified atom stereocenters. The number of nitrogens with one attached hydrogen (secondary N) is 1. The van der Waals surface area contributed by atoms with Gasteiger partial charge in [-0.25, -0.2) is 4.39 Å². The van der Waals surface area contributed by atoms with Crippen molar-refractivity contribution < 1.29 is 4.39 Å². The first-order chi connectivity index (χ1) is 9.20. The number of rotatable bonds is 3. The summed E-state index contributed by atoms with van der Waals surface area (Å²) in [5.74, 6) is -0.128. The molecule has 0 aromatic heterocycles. The lowest BCUT2D eigenvalue weighted by Crippen LogP contribution is -2.58. The average molecular weight is 320 g/mol. The Bertz CT molecular complexity index is 579. The van der Waals surface area contributed by atoms with Crippen molar-refractivity contribution in [3.8, 4) is 0 Å². The van der Waals surface area contributed by atoms with Crippen molar-refractivity contribution in [2.75, 3.05) is 13.1 Å². The maximum absolute atomic E-state index is 14.0. The highest BCUT2D eigenvalue weighted by Gasteiger charge is 2.39. The van der Waals surface area contributed by atoms with Crippen LogP contribution < -0.4 is 5.32 Å². The molecule has 0 aliphatic carbocycles. The van der Waals surface area contributed by atoms with E-state index >= 15 is 0 Å². The Hall–Kier alpha value is -1.19. The van der Waals surface area contributed by atoms with Gasteiger partial charge in [-0.05, 0) is 29.7 Å². The van der Waals surface area contributed by atoms with Gasteiger partial charge in [0.25, 0.3) is 0 Å². The third-order valence-corrected chi connectivity index (χ3v) is 4.35. The zero-order valence-corrected chi connectivity index (χ0v) is 12.1. The average Bonchev–Trinajstić information content (AvgIpc) is 2.37. The third kappa shape index (κ3) is 2.45. The van der Waals surface area contributed by atoms with E-state index in [-0.39, 0.29) is 11.2 Å². The maximum Gasteiger partial charge on any atom is 0.127 e. The van der Waals surface area contributed by atoms with E-state index in [0.29, 0.717) is 0 Å². The maximum atomic E-state index is 14.0. The lowest BCUT2D eigenvalue weighted by molar-refractivity contribution is 0.272. The van der Waals surface area contributed by atoms with Gasteiger partial charge in [0.05, 0.1) is 0 Å². The van der Waals surface area contributed by atoms with Gasteiger partial charge in [0, 0.05) is 23.0 Å². The first kappa shape index (κ1) is 12.8. The van der Waals surface area contributed by atoms with Crippen molar-refractivity contribution >= 4 is 15.9 Å². The van der Waals surface area contributed by atoms with Gasteiger partial charge in [-0.1, -0.05) is 52.3 Å². The van der Waals surface area contributed by atoms with E-state index in [1.807, 2.05) is 30.3 Å². The molecule has 0 spiro atoms. The molecule has 19 heavy (non-hydrogen) atoms. The summed E-state index contributed by atoms with van der Waals surface area (Å²) in [5, 5.41) is 3.32. The molecule has 0 amide bonds. The summed E-state index contributed by atoms with van der Waals surface area (Å²) in [4.78, 5) is 0. The molecular weight excluding hydrogens is 305 g/mol. The fourth-order valence-corrected chi connectivity index (χ4v) is 3.01. The van der Waals surface area contributed by atoms with Crippen molar-refractivity contribution in [2.24, 2.45) is 0 Å². The highest BCUT2D eigenvalue weighted by atomic mass is 79.9. The fraction of sp³-hybridized carbons (Fsp3) is 0.250. The minimum Gasteiger partial charge on any atom is -0.315 e. The highest BCUT2D eigenvalue weighted by Crippen LogP contribution is 2.33. The minimum atomic E-state index is -0.128. The van der Waals surface area contributed by atoms with Gasteiger partial charge >= 0.3 is 0 Å². The lowest BCUT2D eigenvalue weighted by atomic mass is 9.71. The Balaban J connectivity index is 1.92. The summed E-state index contributed by atoms with van der Waals surface area (Å²) >= 11 is 3.30. The molecule has 2 aromatic rings. The molecule has 1 heterocycles. The first-order valence-corrected chi connectivity index (χ1v) is 7.19. The second-order valence-electron chi connectivity index (χ2n) is 5.16. The molecule has 0 bridgehead atoms. The van der Waals surface area contributed by atoms with Crippen LogP contribution in [0.3, 0.4) is 0 Å². The summed E-state index contributed by atoms with van der Waals surface area (Å²) in [6.45, 7) is 1.82. The topological polar surface area (TPSA) is 12.0 Å². The summed E-state index contributed by atoms with van der Waals surface area (Å²) in [6, 6.07) is 15.7. The Morgan fingerprint density at radius 3 is 2.42 bits per heavy atom. The molecular formula is C16H15BrFN. The van der Waals surface area contributed by atoms with Crippen LogP contribution in [0, 0.1) is 5.82 Å². The van der Waals surface area contributed by atoms with Crippen molar-refractivity contribution in [3.63, 3.8) is 0 Å². The standard InChI is InChI=1S/C16H15BrFN/c17-14-7-6-12(15(18)8-14)9-16(10-19-11-16)13-4-2-1-3-5-13/h1-8,19H,9-11H2. The van der Waals surface area contributed by atoms with Crippen LogP contribution in [0.2, 0.25) is 0 Å². The smallest absolute Gasteiger partial charge is 0.127 e. The minimum absolute atomic E-state index is 0.0376. The van der Waals surface area contributed by atoms with Crippen LogP contribution in [-0.4, -0.2) is 13.1 Å². The molecule has 0 atom stereocenters. The van der Waals surface area contributed by atoms with E-state index in [9.17, 15) is 4.39 Å². The van der Waals surface area contributed by atoms with Crippen LogP contribution in [-0.2, 0) is 11.8 Å². The van der Waals surface area contributed by atoms with Crippen molar-refractivity contribution in [1.82, 2.24) is 5.32 Å². The van der Waals surface area contributed by atoms with Crippen LogP contribution in [0.1, 0.15) is 11.1 Å². The predicted molar refractivity (Wildman–Crippen MR) is 78.8 cm³/mol. The summed E-state index contributed by atoms with van der Waals surface area (Å²) in [7, 11) is 0. The van der Waals surface area contributed by atoms with Crippen molar-refractivity contribution in [1.29, 1.82) is 0 Å². The van der Waals surface area contributed by atoms with E-state index in [1.54, 1.807) is 6.07 Å². The van der Waals surface area contributed by atoms with Crippen LogP contribution in [0.25, 0.3) is 0 Å². The van der Waals surface area contributed by atoms with E-state index in [0.717, 1.165) is 29.5 Å². The number of benzene rings is 2. The lowest BCUT2D eigenvalue weighted by Gasteiger charge is -2.43. The molecule has 1 nitrogen and oxygen atoms in total. The summed E-state index contributed by atoms with van der Waals surface area (Å²) in [6.07, 6.45) is 0.739. The monoisotopic (exact) mass is 319 g/mol. The van der Waals surface area contributed by atoms with Crippen molar-refractivity contribution in [3.05, 3.63) is 69.9 Å². The van der Waals surface area contributed by atoms with Crippen LogP contribution in [0.4, 0.5) is 4.39 Å². The van der Waals surface area contributed by atoms with Gasteiger partial charge in [0.1, 0.15) is 5.82 Å². The molecule has 1 aliphatic heterocycles. The zero-order chi connectivity index (χ0) is 13.3. The van der Waals surface area contributed by atoms with Crippen molar-refractivity contribution in [2.45, 2.75) is 11.8 Å². The van der Waals surface area contributed by atoms with Gasteiger partial charge in [0.15, 0.2) is 0 Å². The molecule has 98 valence electrons. The molecule has 0 radical (unpaired) electrons. The molecule has 1 N–H and O–H groups in total. The Kier molecular flexibility index (Phi) is 3.42. The molecule has 2 aromatic carbocycles. The van der Waals surface area contributed by atoms with Gasteiger partial charge in [-0.3, -0.25) is 0 Å². The first-order valence-electron chi connectivity index (χ1n) is 6.40. The van der Waals surface area contributed by atoms with E-state index in [2.05, 4.69) is 33.4 Å². The summed E-state index contributed by atoms with van der Waals surface area (Å²) < 4.78 is 14.8. The number of halogens is 2. The molecule has 1 saturated heterocycles. The quantitative estimate of drug-likeness (QED) is 0.910. The normalized spacial score (nSPS) is 16.9. The van der Waals surface area contributed by atoms with Crippen LogP contribution in [0.15, 0.2) is 53.0 Å². The summed E-state index contributed by atoms with van der Waals surface area (Å²) in [5.41, 5.74) is 2.11. The number of hydrogen-bond acceptors (Lipinski definition) is 1. The second kappa shape index (κ2) is 5.06. The predicted octanol–water partition coefficient (Wildman–Crippen LogP) is 3.67. The third-order valence-electron chi connectivity index (χ3n) is 3.86. The Morgan fingerprint density at radius 2 is 1.84 bits per heavy atom. The van der Waals surface area contributed by atoms with E-state index < -0.39 is 0 Å². The van der Waals surface area contributed by atoms with Gasteiger partial charge in [0.2, 0.25) is 0 Å². The molecule has 3 rings (SSSR count). The fourth-order valence-electron chi connectivity index (χ4n) is 2.68. The molecule has 0 saturated carbocycles. The van der Waals surface area contributed by atoms with E-state index in [4.69, 9.17) is 0 Å². The number of hydrogen-bond donors (Lipinski definition) is 1. The van der Waals surface area contributed by atoms with Crippen LogP contribution in [0.5, 0.6) is 0 Å². The molecule has 3 heteroatoms. The van der Waals surface area contributed by atoms with Gasteiger partial charge in [-0.2, -0.15) is 0 Å². The molecule has 1 fully saturated rings. The Labute approximate surface area is 121 Å².